The number of nitrogens with zero attached hydrogens (tertiary/aromatic N) is 1. The largest absolute Gasteiger partial charge is 0.363 e. The Morgan fingerprint density at radius 3 is 2.35 bits per heavy atom. The molecule has 1 aromatic carbocycles. The van der Waals surface area contributed by atoms with Crippen molar-refractivity contribution >= 4 is 5.69 Å². The predicted molar refractivity (Wildman–Crippen MR) is 71.7 cm³/mol. The maximum Gasteiger partial charge on any atom is 0.146 e. The molecule has 96 valence electrons. The summed E-state index contributed by atoms with van der Waals surface area (Å²) in [6, 6.07) is 6.88. The van der Waals surface area contributed by atoms with Gasteiger partial charge in [-0.15, -0.1) is 0 Å². The predicted octanol–water partition coefficient (Wildman–Crippen LogP) is 3.03. The van der Waals surface area contributed by atoms with E-state index in [1.807, 2.05) is 19.1 Å². The fourth-order valence-corrected chi connectivity index (χ4v) is 2.13. The molecule has 1 atom stereocenters. The van der Waals surface area contributed by atoms with Gasteiger partial charge in [-0.2, -0.15) is 0 Å². The van der Waals surface area contributed by atoms with Gasteiger partial charge >= 0.3 is 0 Å². The van der Waals surface area contributed by atoms with Gasteiger partial charge in [0.25, 0.3) is 0 Å². The van der Waals surface area contributed by atoms with Gasteiger partial charge in [0.15, 0.2) is 0 Å². The van der Waals surface area contributed by atoms with E-state index in [2.05, 4.69) is 25.7 Å². The number of likely N-dealkylation sites (N-methyl/N-ethyl adjacent to an activating group) is 1. The van der Waals surface area contributed by atoms with E-state index in [-0.39, 0.29) is 11.4 Å². The molecule has 0 aromatic heterocycles. The van der Waals surface area contributed by atoms with Crippen LogP contribution in [-0.4, -0.2) is 18.6 Å². The lowest BCUT2D eigenvalue weighted by Gasteiger charge is -2.45. The zero-order valence-corrected chi connectivity index (χ0v) is 11.2. The van der Waals surface area contributed by atoms with Gasteiger partial charge in [-0.05, 0) is 31.9 Å². The second-order valence-corrected chi connectivity index (χ2v) is 4.91. The van der Waals surface area contributed by atoms with E-state index >= 15 is 0 Å². The molecule has 0 radical (unpaired) electrons. The lowest BCUT2D eigenvalue weighted by atomic mass is 9.86. The smallest absolute Gasteiger partial charge is 0.146 e. The molecular formula is C14H23FN2. The summed E-state index contributed by atoms with van der Waals surface area (Å²) < 4.78 is 13.9. The van der Waals surface area contributed by atoms with Gasteiger partial charge in [0, 0.05) is 13.1 Å². The van der Waals surface area contributed by atoms with Gasteiger partial charge in [-0.3, -0.25) is 0 Å². The number of halogens is 1. The summed E-state index contributed by atoms with van der Waals surface area (Å²) in [4.78, 5) is 2.06. The van der Waals surface area contributed by atoms with Gasteiger partial charge in [-0.1, -0.05) is 26.0 Å². The molecule has 0 saturated carbocycles. The molecule has 0 bridgehead atoms. The summed E-state index contributed by atoms with van der Waals surface area (Å²) in [7, 11) is 0. The molecule has 0 amide bonds. The van der Waals surface area contributed by atoms with Crippen LogP contribution in [0.1, 0.15) is 27.7 Å². The highest BCUT2D eigenvalue weighted by molar-refractivity contribution is 5.50. The van der Waals surface area contributed by atoms with E-state index < -0.39 is 0 Å². The Kier molecular flexibility index (Phi) is 4.52. The normalized spacial score (nSPS) is 14.8. The average molecular weight is 238 g/mol. The maximum absolute atomic E-state index is 13.9. The van der Waals surface area contributed by atoms with Crippen molar-refractivity contribution < 1.29 is 4.39 Å². The van der Waals surface area contributed by atoms with E-state index in [9.17, 15) is 4.39 Å². The summed E-state index contributed by atoms with van der Waals surface area (Å²) in [5.74, 6) is 0.168. The molecule has 3 heteroatoms. The summed E-state index contributed by atoms with van der Waals surface area (Å²) in [5, 5.41) is 0. The molecule has 2 nitrogen and oxygen atoms in total. The number of para-hydroxylation sites is 1. The van der Waals surface area contributed by atoms with Gasteiger partial charge in [0.05, 0.1) is 11.2 Å². The fraction of sp³-hybridized carbons (Fsp3) is 0.571. The Morgan fingerprint density at radius 2 is 1.94 bits per heavy atom. The van der Waals surface area contributed by atoms with Crippen LogP contribution in [0.4, 0.5) is 10.1 Å². The lowest BCUT2D eigenvalue weighted by Crippen LogP contribution is -2.55. The fourth-order valence-electron chi connectivity index (χ4n) is 2.13. The van der Waals surface area contributed by atoms with Crippen molar-refractivity contribution in [3.8, 4) is 0 Å². The highest BCUT2D eigenvalue weighted by atomic mass is 19.1. The minimum absolute atomic E-state index is 0.185. The van der Waals surface area contributed by atoms with Crippen LogP contribution < -0.4 is 10.6 Å². The van der Waals surface area contributed by atoms with E-state index in [0.29, 0.717) is 18.2 Å². The van der Waals surface area contributed by atoms with Gasteiger partial charge < -0.3 is 10.6 Å². The van der Waals surface area contributed by atoms with Crippen LogP contribution in [0.3, 0.4) is 0 Å². The number of anilines is 1. The number of rotatable bonds is 5. The van der Waals surface area contributed by atoms with Crippen LogP contribution in [0.5, 0.6) is 0 Å². The molecule has 0 spiro atoms. The summed E-state index contributed by atoms with van der Waals surface area (Å²) in [6.45, 7) is 9.61. The van der Waals surface area contributed by atoms with Crippen LogP contribution in [0.15, 0.2) is 24.3 Å². The molecule has 1 rings (SSSR count). The highest BCUT2D eigenvalue weighted by Crippen LogP contribution is 2.30. The first-order chi connectivity index (χ1) is 7.97. The second-order valence-electron chi connectivity index (χ2n) is 4.91. The number of nitrogens with two attached hydrogens (primary N) is 1. The van der Waals surface area contributed by atoms with Crippen molar-refractivity contribution in [2.24, 2.45) is 11.7 Å². The summed E-state index contributed by atoms with van der Waals surface area (Å²) in [5.41, 5.74) is 6.32. The third-order valence-electron chi connectivity index (χ3n) is 3.73. The molecule has 0 aliphatic carbocycles. The van der Waals surface area contributed by atoms with Crippen molar-refractivity contribution in [1.29, 1.82) is 0 Å². The average Bonchev–Trinajstić information content (AvgIpc) is 2.31. The molecule has 1 aromatic rings. The molecule has 0 aliphatic rings. The summed E-state index contributed by atoms with van der Waals surface area (Å²) in [6.07, 6.45) is 0. The van der Waals surface area contributed by atoms with Gasteiger partial charge in [-0.25, -0.2) is 4.39 Å². The SMILES string of the molecule is CCN(c1ccccc1F)C(C)(CN)C(C)C. The minimum Gasteiger partial charge on any atom is -0.363 e. The Morgan fingerprint density at radius 1 is 1.35 bits per heavy atom. The van der Waals surface area contributed by atoms with Crippen LogP contribution in [-0.2, 0) is 0 Å². The molecule has 1 unspecified atom stereocenters. The first-order valence-corrected chi connectivity index (χ1v) is 6.19. The molecular weight excluding hydrogens is 215 g/mol. The Hall–Kier alpha value is -1.09. The zero-order valence-electron chi connectivity index (χ0n) is 11.2. The number of hydrogen-bond donors (Lipinski definition) is 1. The Balaban J connectivity index is 3.19. The molecule has 0 fully saturated rings. The quantitative estimate of drug-likeness (QED) is 0.854. The van der Waals surface area contributed by atoms with Crippen molar-refractivity contribution in [2.75, 3.05) is 18.0 Å². The van der Waals surface area contributed by atoms with Crippen LogP contribution in [0.25, 0.3) is 0 Å². The minimum atomic E-state index is -0.225. The molecule has 17 heavy (non-hydrogen) atoms. The first kappa shape index (κ1) is 14.0. The first-order valence-electron chi connectivity index (χ1n) is 6.19. The van der Waals surface area contributed by atoms with Crippen LogP contribution >= 0.6 is 0 Å². The number of benzene rings is 1. The van der Waals surface area contributed by atoms with E-state index in [1.165, 1.54) is 6.07 Å². The van der Waals surface area contributed by atoms with E-state index in [0.717, 1.165) is 6.54 Å². The topological polar surface area (TPSA) is 29.3 Å². The second kappa shape index (κ2) is 5.50. The maximum atomic E-state index is 13.9. The molecule has 0 heterocycles. The molecule has 0 saturated heterocycles. The summed E-state index contributed by atoms with van der Waals surface area (Å²) >= 11 is 0. The van der Waals surface area contributed by atoms with Crippen molar-refractivity contribution in [2.45, 2.75) is 33.2 Å². The van der Waals surface area contributed by atoms with Crippen molar-refractivity contribution in [3.63, 3.8) is 0 Å². The van der Waals surface area contributed by atoms with E-state index in [1.54, 1.807) is 6.07 Å². The van der Waals surface area contributed by atoms with Gasteiger partial charge in [0.2, 0.25) is 0 Å². The Labute approximate surface area is 104 Å². The standard InChI is InChI=1S/C14H23FN2/c1-5-17(14(4,10-16)11(2)3)13-9-7-6-8-12(13)15/h6-9,11H,5,10,16H2,1-4H3. The lowest BCUT2D eigenvalue weighted by molar-refractivity contribution is 0.320. The third kappa shape index (κ3) is 2.60. The molecule has 0 aliphatic heterocycles. The number of hydrogen-bond acceptors (Lipinski definition) is 2. The van der Waals surface area contributed by atoms with Gasteiger partial charge in [0.1, 0.15) is 5.82 Å². The highest BCUT2D eigenvalue weighted by Gasteiger charge is 2.34. The molecule has 2 N–H and O–H groups in total. The Bertz CT molecular complexity index is 365. The van der Waals surface area contributed by atoms with Crippen LogP contribution in [0.2, 0.25) is 0 Å². The van der Waals surface area contributed by atoms with E-state index in [4.69, 9.17) is 5.73 Å². The van der Waals surface area contributed by atoms with Crippen molar-refractivity contribution in [3.05, 3.63) is 30.1 Å². The zero-order chi connectivity index (χ0) is 13.1. The van der Waals surface area contributed by atoms with Crippen molar-refractivity contribution in [1.82, 2.24) is 0 Å². The monoisotopic (exact) mass is 238 g/mol. The van der Waals surface area contributed by atoms with Crippen LogP contribution in [0, 0.1) is 11.7 Å². The third-order valence-corrected chi connectivity index (χ3v) is 3.73.